The minimum atomic E-state index is -0.447. The standard InChI is InChI=1S/C9H11N3O2/c1-6(5-13)9(14)12-3-2-7(10)8(11)4-12/h5,10-11H,1-4H2. The lowest BCUT2D eigenvalue weighted by Crippen LogP contribution is -2.44. The molecule has 0 aliphatic carbocycles. The Labute approximate surface area is 81.4 Å². The molecule has 0 atom stereocenters. The van der Waals surface area contributed by atoms with Crippen LogP contribution in [0.25, 0.3) is 0 Å². The van der Waals surface area contributed by atoms with Gasteiger partial charge in [-0.25, -0.2) is 0 Å². The number of hydrogen-bond acceptors (Lipinski definition) is 4. The van der Waals surface area contributed by atoms with Crippen LogP contribution in [-0.2, 0) is 9.59 Å². The summed E-state index contributed by atoms with van der Waals surface area (Å²) < 4.78 is 0. The van der Waals surface area contributed by atoms with Crippen LogP contribution in [0.2, 0.25) is 0 Å². The minimum absolute atomic E-state index is 0.102. The third kappa shape index (κ3) is 1.93. The number of rotatable bonds is 2. The van der Waals surface area contributed by atoms with E-state index in [4.69, 9.17) is 10.8 Å². The predicted molar refractivity (Wildman–Crippen MR) is 51.9 cm³/mol. The van der Waals surface area contributed by atoms with Crippen molar-refractivity contribution in [1.29, 1.82) is 10.8 Å². The lowest BCUT2D eigenvalue weighted by molar-refractivity contribution is -0.127. The molecule has 5 nitrogen and oxygen atoms in total. The maximum Gasteiger partial charge on any atom is 0.256 e. The summed E-state index contributed by atoms with van der Waals surface area (Å²) in [6.07, 6.45) is 0.780. The molecule has 0 bridgehead atoms. The molecule has 1 amide bonds. The molecule has 0 aromatic rings. The molecule has 74 valence electrons. The Kier molecular flexibility index (Phi) is 2.91. The van der Waals surface area contributed by atoms with Crippen molar-refractivity contribution >= 4 is 23.6 Å². The van der Waals surface area contributed by atoms with Crippen LogP contribution in [-0.4, -0.2) is 41.6 Å². The molecule has 0 radical (unpaired) electrons. The number of carbonyl (C=O) groups excluding carboxylic acids is 2. The number of carbonyl (C=O) groups is 2. The van der Waals surface area contributed by atoms with Gasteiger partial charge in [0, 0.05) is 13.0 Å². The van der Waals surface area contributed by atoms with E-state index in [2.05, 4.69) is 6.58 Å². The molecule has 2 N–H and O–H groups in total. The number of aldehydes is 1. The predicted octanol–water partition coefficient (Wildman–Crippen LogP) is 0.0133. The van der Waals surface area contributed by atoms with Crippen LogP contribution >= 0.6 is 0 Å². The molecule has 1 aliphatic heterocycles. The highest BCUT2D eigenvalue weighted by Crippen LogP contribution is 2.06. The molecule has 0 aromatic carbocycles. The van der Waals surface area contributed by atoms with Gasteiger partial charge in [-0.3, -0.25) is 9.59 Å². The van der Waals surface area contributed by atoms with Crippen molar-refractivity contribution in [2.75, 3.05) is 13.1 Å². The number of likely N-dealkylation sites (tertiary alicyclic amines) is 1. The lowest BCUT2D eigenvalue weighted by Gasteiger charge is -2.27. The van der Waals surface area contributed by atoms with Crippen LogP contribution in [0.4, 0.5) is 0 Å². The van der Waals surface area contributed by atoms with Crippen LogP contribution in [0.1, 0.15) is 6.42 Å². The number of amides is 1. The van der Waals surface area contributed by atoms with Gasteiger partial charge in [0.05, 0.1) is 23.5 Å². The Morgan fingerprint density at radius 1 is 1.43 bits per heavy atom. The highest BCUT2D eigenvalue weighted by Gasteiger charge is 2.23. The van der Waals surface area contributed by atoms with Gasteiger partial charge in [-0.15, -0.1) is 0 Å². The first kappa shape index (κ1) is 10.3. The van der Waals surface area contributed by atoms with E-state index in [1.165, 1.54) is 4.90 Å². The summed E-state index contributed by atoms with van der Waals surface area (Å²) >= 11 is 0. The first-order valence-corrected chi connectivity index (χ1v) is 4.15. The molecular weight excluding hydrogens is 182 g/mol. The van der Waals surface area contributed by atoms with Gasteiger partial charge < -0.3 is 15.7 Å². The highest BCUT2D eigenvalue weighted by atomic mass is 16.2. The molecule has 14 heavy (non-hydrogen) atoms. The van der Waals surface area contributed by atoms with Crippen molar-refractivity contribution in [2.45, 2.75) is 6.42 Å². The third-order valence-electron chi connectivity index (χ3n) is 2.05. The van der Waals surface area contributed by atoms with Gasteiger partial charge in [0.25, 0.3) is 5.91 Å². The van der Waals surface area contributed by atoms with Crippen LogP contribution in [0, 0.1) is 10.8 Å². The van der Waals surface area contributed by atoms with E-state index in [0.717, 1.165) is 0 Å². The Morgan fingerprint density at radius 3 is 2.57 bits per heavy atom. The largest absolute Gasteiger partial charge is 0.332 e. The Morgan fingerprint density at radius 2 is 2.07 bits per heavy atom. The van der Waals surface area contributed by atoms with Crippen LogP contribution in [0.5, 0.6) is 0 Å². The summed E-state index contributed by atoms with van der Waals surface area (Å²) in [5.41, 5.74) is 0.278. The van der Waals surface area contributed by atoms with Crippen LogP contribution in [0.15, 0.2) is 12.2 Å². The molecule has 1 fully saturated rings. The first-order chi connectivity index (χ1) is 6.56. The molecule has 0 unspecified atom stereocenters. The molecule has 1 saturated heterocycles. The van der Waals surface area contributed by atoms with Gasteiger partial charge in [0.1, 0.15) is 0 Å². The SMILES string of the molecule is C=C(C=O)C(=O)N1CCC(=N)C(=N)C1. The zero-order valence-electron chi connectivity index (χ0n) is 7.67. The summed E-state index contributed by atoms with van der Waals surface area (Å²) in [7, 11) is 0. The van der Waals surface area contributed by atoms with Gasteiger partial charge >= 0.3 is 0 Å². The van der Waals surface area contributed by atoms with Gasteiger partial charge in [-0.2, -0.15) is 0 Å². The van der Waals surface area contributed by atoms with Gasteiger partial charge in [0.15, 0.2) is 6.29 Å². The number of hydrogen-bond donors (Lipinski definition) is 2. The zero-order chi connectivity index (χ0) is 10.7. The number of nitrogens with zero attached hydrogens (tertiary/aromatic N) is 1. The maximum atomic E-state index is 11.4. The van der Waals surface area contributed by atoms with Crippen LogP contribution < -0.4 is 0 Å². The van der Waals surface area contributed by atoms with E-state index in [0.29, 0.717) is 19.3 Å². The Hall–Kier alpha value is -1.78. The fourth-order valence-electron chi connectivity index (χ4n) is 1.19. The minimum Gasteiger partial charge on any atom is -0.332 e. The quantitative estimate of drug-likeness (QED) is 0.280. The second kappa shape index (κ2) is 3.95. The molecule has 5 heteroatoms. The van der Waals surface area contributed by atoms with Gasteiger partial charge in [-0.1, -0.05) is 6.58 Å². The average Bonchev–Trinajstić information content (AvgIpc) is 2.20. The Bertz CT molecular complexity index is 333. The monoisotopic (exact) mass is 193 g/mol. The summed E-state index contributed by atoms with van der Waals surface area (Å²) in [6.45, 7) is 3.79. The Balaban J connectivity index is 2.68. The molecule has 0 aromatic heterocycles. The summed E-state index contributed by atoms with van der Waals surface area (Å²) in [5.74, 6) is -0.447. The van der Waals surface area contributed by atoms with E-state index in [1.54, 1.807) is 0 Å². The van der Waals surface area contributed by atoms with E-state index in [9.17, 15) is 9.59 Å². The van der Waals surface area contributed by atoms with Crippen molar-refractivity contribution in [3.63, 3.8) is 0 Å². The summed E-state index contributed by atoms with van der Waals surface area (Å²) in [4.78, 5) is 23.1. The van der Waals surface area contributed by atoms with Crippen molar-refractivity contribution in [1.82, 2.24) is 4.90 Å². The first-order valence-electron chi connectivity index (χ1n) is 4.15. The fraction of sp³-hybridized carbons (Fsp3) is 0.333. The van der Waals surface area contributed by atoms with Crippen molar-refractivity contribution < 1.29 is 9.59 Å². The normalized spacial score (nSPS) is 16.7. The smallest absolute Gasteiger partial charge is 0.256 e. The van der Waals surface area contributed by atoms with E-state index in [1.807, 2.05) is 0 Å². The fourth-order valence-corrected chi connectivity index (χ4v) is 1.19. The molecule has 0 spiro atoms. The third-order valence-corrected chi connectivity index (χ3v) is 2.05. The van der Waals surface area contributed by atoms with Gasteiger partial charge in [0.2, 0.25) is 0 Å². The van der Waals surface area contributed by atoms with E-state index >= 15 is 0 Å². The van der Waals surface area contributed by atoms with Gasteiger partial charge in [-0.05, 0) is 0 Å². The van der Waals surface area contributed by atoms with Crippen molar-refractivity contribution in [2.24, 2.45) is 0 Å². The highest BCUT2D eigenvalue weighted by molar-refractivity contribution is 6.41. The summed E-state index contributed by atoms with van der Waals surface area (Å²) in [5, 5.41) is 14.7. The molecule has 0 saturated carbocycles. The molecule has 1 aliphatic rings. The molecule has 1 heterocycles. The number of nitrogens with one attached hydrogen (secondary N) is 2. The van der Waals surface area contributed by atoms with Crippen LogP contribution in [0.3, 0.4) is 0 Å². The second-order valence-electron chi connectivity index (χ2n) is 3.08. The second-order valence-corrected chi connectivity index (χ2v) is 3.08. The van der Waals surface area contributed by atoms with Crippen molar-refractivity contribution in [3.05, 3.63) is 12.2 Å². The maximum absolute atomic E-state index is 11.4. The number of piperidine rings is 1. The van der Waals surface area contributed by atoms with E-state index < -0.39 is 5.91 Å². The molecular formula is C9H11N3O2. The van der Waals surface area contributed by atoms with Crippen molar-refractivity contribution in [3.8, 4) is 0 Å². The zero-order valence-corrected chi connectivity index (χ0v) is 7.67. The van der Waals surface area contributed by atoms with E-state index in [-0.39, 0.29) is 23.5 Å². The lowest BCUT2D eigenvalue weighted by atomic mass is 10.1. The topological polar surface area (TPSA) is 85.1 Å². The molecule has 1 rings (SSSR count). The average molecular weight is 193 g/mol. The summed E-state index contributed by atoms with van der Waals surface area (Å²) in [6, 6.07) is 0.